The fourth-order valence-corrected chi connectivity index (χ4v) is 7.68. The number of methoxy groups -OCH3 is 1. The number of hydrogen-bond acceptors (Lipinski definition) is 6. The van der Waals surface area contributed by atoms with Gasteiger partial charge in [-0.05, 0) is 111 Å². The Hall–Kier alpha value is -2.35. The van der Waals surface area contributed by atoms with Crippen molar-refractivity contribution >= 4 is 34.7 Å². The van der Waals surface area contributed by atoms with Gasteiger partial charge >= 0.3 is 0 Å². The summed E-state index contributed by atoms with van der Waals surface area (Å²) in [4.78, 5) is 21.7. The molecule has 0 saturated heterocycles. The lowest BCUT2D eigenvalue weighted by molar-refractivity contribution is -0.124. The maximum atomic E-state index is 14.0. The minimum Gasteiger partial charge on any atom is -0.496 e. The van der Waals surface area contributed by atoms with Crippen LogP contribution in [0.5, 0.6) is 5.75 Å². The number of rotatable bonds is 8. The van der Waals surface area contributed by atoms with Gasteiger partial charge in [-0.3, -0.25) is 4.79 Å². The van der Waals surface area contributed by atoms with Crippen LogP contribution in [-0.4, -0.2) is 42.0 Å². The molecule has 1 amide bonds. The van der Waals surface area contributed by atoms with Gasteiger partial charge in [-0.2, -0.15) is 0 Å². The predicted molar refractivity (Wildman–Crippen MR) is 162 cm³/mol. The van der Waals surface area contributed by atoms with Gasteiger partial charge in [-0.25, -0.2) is 4.98 Å². The molecule has 2 aliphatic carbocycles. The molecule has 0 bridgehead atoms. The number of ether oxygens (including phenoxy) is 1. The topological polar surface area (TPSA) is 62.7 Å². The minimum atomic E-state index is -0.264. The number of anilines is 1. The number of carbonyl (C=O) groups is 1. The number of aliphatic hydroxyl groups is 1. The first-order valence-corrected chi connectivity index (χ1v) is 16.2. The molecule has 1 heterocycles. The van der Waals surface area contributed by atoms with E-state index < -0.39 is 0 Å². The number of amides is 1. The maximum Gasteiger partial charge on any atom is 0.230 e. The Bertz CT molecular complexity index is 1260. The molecular formula is C32H40N2O3S2. The number of aliphatic hydroxyl groups excluding tert-OH is 1. The van der Waals surface area contributed by atoms with Gasteiger partial charge in [0.25, 0.3) is 0 Å². The van der Waals surface area contributed by atoms with E-state index in [1.165, 1.54) is 11.1 Å². The molecule has 5 nitrogen and oxygen atoms in total. The average Bonchev–Trinajstić information content (AvgIpc) is 3.46. The van der Waals surface area contributed by atoms with E-state index in [4.69, 9.17) is 4.74 Å². The number of benzene rings is 2. The first-order chi connectivity index (χ1) is 18.9. The van der Waals surface area contributed by atoms with Crippen molar-refractivity contribution < 1.29 is 14.6 Å². The lowest BCUT2D eigenvalue weighted by Crippen LogP contribution is -2.41. The molecule has 5 rings (SSSR count). The Morgan fingerprint density at radius 2 is 1.85 bits per heavy atom. The molecule has 2 fully saturated rings. The third-order valence-electron chi connectivity index (χ3n) is 8.59. The molecule has 2 aliphatic rings. The molecule has 2 aromatic carbocycles. The molecule has 3 aromatic rings. The highest BCUT2D eigenvalue weighted by Crippen LogP contribution is 2.39. The standard InChI is InChI=1S/C32H40N2O3S2/c1-21-17-25(13-16-29(21)37-2)23-9-7-22(8-10-23)20-34(31(36)24-11-14-28(35)15-12-24)27-6-4-5-26(18-27)30-19-33-32(38-3)39-30/h4-6,13,16-19,22-24,28,35H,7-12,14-15,20H2,1-3H3/t22-,23-,24-,28-. The van der Waals surface area contributed by atoms with Gasteiger partial charge in [0.2, 0.25) is 5.91 Å². The second-order valence-electron chi connectivity index (χ2n) is 11.1. The SMILES string of the molecule is COc1ccc([C@H]2CC[C@H](CN(c3cccc(-c4cnc(SC)s4)c3)C(=O)[C@H]3CC[C@H](O)CC3)CC2)cc1C. The van der Waals surface area contributed by atoms with Gasteiger partial charge in [0.15, 0.2) is 0 Å². The van der Waals surface area contributed by atoms with Gasteiger partial charge in [-0.1, -0.05) is 36.0 Å². The van der Waals surface area contributed by atoms with Gasteiger partial charge in [0.05, 0.1) is 18.1 Å². The summed E-state index contributed by atoms with van der Waals surface area (Å²) in [6.07, 6.45) is 11.2. The van der Waals surface area contributed by atoms with Crippen molar-refractivity contribution in [2.45, 2.75) is 74.7 Å². The van der Waals surface area contributed by atoms with Gasteiger partial charge < -0.3 is 14.7 Å². The van der Waals surface area contributed by atoms with E-state index in [0.29, 0.717) is 11.8 Å². The normalized spacial score (nSPS) is 23.4. The zero-order valence-corrected chi connectivity index (χ0v) is 24.9. The van der Waals surface area contributed by atoms with Gasteiger partial charge in [0, 0.05) is 24.3 Å². The lowest BCUT2D eigenvalue weighted by atomic mass is 9.78. The quantitative estimate of drug-likeness (QED) is 0.284. The number of thioether (sulfide) groups is 1. The number of aryl methyl sites for hydroxylation is 1. The predicted octanol–water partition coefficient (Wildman–Crippen LogP) is 7.71. The smallest absolute Gasteiger partial charge is 0.230 e. The zero-order chi connectivity index (χ0) is 27.4. The summed E-state index contributed by atoms with van der Waals surface area (Å²) in [7, 11) is 1.73. The fraction of sp³-hybridized carbons (Fsp3) is 0.500. The van der Waals surface area contributed by atoms with Crippen LogP contribution >= 0.6 is 23.1 Å². The fourth-order valence-electron chi connectivity index (χ4n) is 6.27. The van der Waals surface area contributed by atoms with Crippen molar-refractivity contribution in [3.05, 3.63) is 59.8 Å². The highest BCUT2D eigenvalue weighted by molar-refractivity contribution is 8.00. The number of aromatic nitrogens is 1. The van der Waals surface area contributed by atoms with Crippen LogP contribution < -0.4 is 9.64 Å². The first kappa shape index (κ1) is 28.2. The number of nitrogens with zero attached hydrogens (tertiary/aromatic N) is 2. The van der Waals surface area contributed by atoms with E-state index in [2.05, 4.69) is 59.3 Å². The van der Waals surface area contributed by atoms with Crippen LogP contribution in [0.4, 0.5) is 5.69 Å². The summed E-state index contributed by atoms with van der Waals surface area (Å²) < 4.78 is 6.51. The molecule has 0 unspecified atom stereocenters. The second-order valence-corrected chi connectivity index (χ2v) is 13.2. The molecule has 0 atom stereocenters. The lowest BCUT2D eigenvalue weighted by Gasteiger charge is -2.36. The van der Waals surface area contributed by atoms with Crippen molar-refractivity contribution in [3.8, 4) is 16.2 Å². The van der Waals surface area contributed by atoms with E-state index in [0.717, 1.165) is 84.1 Å². The molecule has 1 aromatic heterocycles. The number of carbonyl (C=O) groups excluding carboxylic acids is 1. The van der Waals surface area contributed by atoms with Crippen LogP contribution in [0.1, 0.15) is 68.4 Å². The summed E-state index contributed by atoms with van der Waals surface area (Å²) >= 11 is 3.35. The van der Waals surface area contributed by atoms with Crippen molar-refractivity contribution in [3.63, 3.8) is 0 Å². The van der Waals surface area contributed by atoms with Gasteiger partial charge in [-0.15, -0.1) is 11.3 Å². The highest BCUT2D eigenvalue weighted by Gasteiger charge is 2.32. The zero-order valence-electron chi connectivity index (χ0n) is 23.3. The monoisotopic (exact) mass is 564 g/mol. The average molecular weight is 565 g/mol. The summed E-state index contributed by atoms with van der Waals surface area (Å²) in [5.74, 6) is 2.20. The summed E-state index contributed by atoms with van der Waals surface area (Å²) in [5, 5.41) is 10.0. The van der Waals surface area contributed by atoms with E-state index >= 15 is 0 Å². The molecule has 1 N–H and O–H groups in total. The third kappa shape index (κ3) is 6.69. The minimum absolute atomic E-state index is 0.0119. The molecule has 0 aliphatic heterocycles. The molecule has 0 spiro atoms. The van der Waals surface area contributed by atoms with Crippen LogP contribution in [-0.2, 0) is 4.79 Å². The van der Waals surface area contributed by atoms with E-state index in [1.807, 2.05) is 12.5 Å². The van der Waals surface area contributed by atoms with Crippen molar-refractivity contribution in [2.24, 2.45) is 11.8 Å². The van der Waals surface area contributed by atoms with Crippen molar-refractivity contribution in [1.29, 1.82) is 0 Å². The van der Waals surface area contributed by atoms with E-state index in [-0.39, 0.29) is 17.9 Å². The van der Waals surface area contributed by atoms with Crippen LogP contribution in [0.3, 0.4) is 0 Å². The maximum absolute atomic E-state index is 14.0. The van der Waals surface area contributed by atoms with Crippen LogP contribution in [0.2, 0.25) is 0 Å². The number of thiazole rings is 1. The molecule has 0 radical (unpaired) electrons. The molecule has 208 valence electrons. The Kier molecular flexibility index (Phi) is 9.31. The highest BCUT2D eigenvalue weighted by atomic mass is 32.2. The van der Waals surface area contributed by atoms with Crippen molar-refractivity contribution in [1.82, 2.24) is 4.98 Å². The first-order valence-electron chi connectivity index (χ1n) is 14.2. The molecule has 39 heavy (non-hydrogen) atoms. The molecule has 7 heteroatoms. The third-order valence-corrected chi connectivity index (χ3v) is 10.6. The Balaban J connectivity index is 1.33. The number of hydrogen-bond donors (Lipinski definition) is 1. The molecule has 2 saturated carbocycles. The van der Waals surface area contributed by atoms with E-state index in [1.54, 1.807) is 30.2 Å². The van der Waals surface area contributed by atoms with E-state index in [9.17, 15) is 9.90 Å². The van der Waals surface area contributed by atoms with Crippen molar-refractivity contribution in [2.75, 3.05) is 24.8 Å². The Labute approximate surface area is 241 Å². The second kappa shape index (κ2) is 12.9. The van der Waals surface area contributed by atoms with Crippen LogP contribution in [0, 0.1) is 18.8 Å². The largest absolute Gasteiger partial charge is 0.496 e. The Morgan fingerprint density at radius 1 is 1.08 bits per heavy atom. The Morgan fingerprint density at radius 3 is 2.51 bits per heavy atom. The summed E-state index contributed by atoms with van der Waals surface area (Å²) in [6, 6.07) is 15.0. The van der Waals surface area contributed by atoms with Crippen LogP contribution in [0.25, 0.3) is 10.4 Å². The van der Waals surface area contributed by atoms with Gasteiger partial charge in [0.1, 0.15) is 10.1 Å². The summed E-state index contributed by atoms with van der Waals surface area (Å²) in [6.45, 7) is 2.87. The molecular weight excluding hydrogens is 524 g/mol. The summed E-state index contributed by atoms with van der Waals surface area (Å²) in [5.41, 5.74) is 4.69. The van der Waals surface area contributed by atoms with Crippen LogP contribution in [0.15, 0.2) is 53.0 Å².